The molecule has 1 fully saturated rings. The minimum atomic E-state index is -0.854. The molecule has 0 aromatic heterocycles. The molecule has 6 nitrogen and oxygen atoms in total. The quantitative estimate of drug-likeness (QED) is 0.724. The Bertz CT molecular complexity index is 478. The lowest BCUT2D eigenvalue weighted by Gasteiger charge is -2.20. The fourth-order valence-electron chi connectivity index (χ4n) is 2.41. The van der Waals surface area contributed by atoms with Crippen LogP contribution in [0.1, 0.15) is 12.8 Å². The summed E-state index contributed by atoms with van der Waals surface area (Å²) < 4.78 is 5.46. The van der Waals surface area contributed by atoms with Gasteiger partial charge in [0, 0.05) is 0 Å². The monoisotopic (exact) mass is 292 g/mol. The summed E-state index contributed by atoms with van der Waals surface area (Å²) >= 11 is 0. The van der Waals surface area contributed by atoms with E-state index in [2.05, 4.69) is 5.32 Å². The number of benzene rings is 1. The van der Waals surface area contributed by atoms with Gasteiger partial charge in [-0.15, -0.1) is 0 Å². The highest BCUT2D eigenvalue weighted by Gasteiger charge is 2.31. The molecule has 1 amide bonds. The van der Waals surface area contributed by atoms with Crippen LogP contribution in [0.25, 0.3) is 0 Å². The molecule has 1 unspecified atom stereocenters. The standard InChI is InChI=1S/C15H20N2O4/c18-14(11-17-9-4-7-13(17)15(19)20)16-8-10-21-12-5-2-1-3-6-12/h1-3,5-6,13H,4,7-11H2,(H,16,18)(H,19,20). The summed E-state index contributed by atoms with van der Waals surface area (Å²) in [6.07, 6.45) is 1.43. The van der Waals surface area contributed by atoms with E-state index in [9.17, 15) is 9.59 Å². The van der Waals surface area contributed by atoms with Crippen molar-refractivity contribution in [2.45, 2.75) is 18.9 Å². The summed E-state index contributed by atoms with van der Waals surface area (Å²) in [5, 5.41) is 11.8. The third-order valence-electron chi connectivity index (χ3n) is 3.43. The Kier molecular flexibility index (Phi) is 5.57. The maximum absolute atomic E-state index is 11.8. The Morgan fingerprint density at radius 1 is 1.33 bits per heavy atom. The molecule has 1 aromatic carbocycles. The predicted octanol–water partition coefficient (Wildman–Crippen LogP) is 0.731. The molecule has 1 atom stereocenters. The van der Waals surface area contributed by atoms with Crippen molar-refractivity contribution in [2.75, 3.05) is 26.2 Å². The van der Waals surface area contributed by atoms with Crippen molar-refractivity contribution in [3.8, 4) is 5.75 Å². The number of nitrogens with zero attached hydrogens (tertiary/aromatic N) is 1. The average molecular weight is 292 g/mol. The van der Waals surface area contributed by atoms with Crippen molar-refractivity contribution in [3.63, 3.8) is 0 Å². The summed E-state index contributed by atoms with van der Waals surface area (Å²) in [4.78, 5) is 24.5. The summed E-state index contributed by atoms with van der Waals surface area (Å²) in [6, 6.07) is 8.84. The molecule has 0 radical (unpaired) electrons. The van der Waals surface area contributed by atoms with Crippen LogP contribution in [0.4, 0.5) is 0 Å². The number of aliphatic carboxylic acids is 1. The molecule has 0 aliphatic carbocycles. The summed E-state index contributed by atoms with van der Waals surface area (Å²) in [5.41, 5.74) is 0. The smallest absolute Gasteiger partial charge is 0.320 e. The Hall–Kier alpha value is -2.08. The maximum atomic E-state index is 11.8. The Labute approximate surface area is 123 Å². The second-order valence-electron chi connectivity index (χ2n) is 4.98. The SMILES string of the molecule is O=C(CN1CCCC1C(=O)O)NCCOc1ccccc1. The van der Waals surface area contributed by atoms with Crippen LogP contribution in [0.2, 0.25) is 0 Å². The second-order valence-corrected chi connectivity index (χ2v) is 4.98. The molecule has 114 valence electrons. The molecule has 1 heterocycles. The van der Waals surface area contributed by atoms with Crippen molar-refractivity contribution >= 4 is 11.9 Å². The molecule has 1 saturated heterocycles. The number of carbonyl (C=O) groups is 2. The van der Waals surface area contributed by atoms with E-state index in [0.29, 0.717) is 26.1 Å². The van der Waals surface area contributed by atoms with Gasteiger partial charge in [-0.1, -0.05) is 18.2 Å². The second kappa shape index (κ2) is 7.64. The third-order valence-corrected chi connectivity index (χ3v) is 3.43. The van der Waals surface area contributed by atoms with E-state index in [4.69, 9.17) is 9.84 Å². The number of carboxylic acid groups (broad SMARTS) is 1. The summed E-state index contributed by atoms with van der Waals surface area (Å²) in [6.45, 7) is 1.57. The van der Waals surface area contributed by atoms with E-state index in [-0.39, 0.29) is 12.5 Å². The van der Waals surface area contributed by atoms with Gasteiger partial charge in [0.25, 0.3) is 0 Å². The van der Waals surface area contributed by atoms with Crippen molar-refractivity contribution < 1.29 is 19.4 Å². The van der Waals surface area contributed by atoms with Crippen molar-refractivity contribution in [1.82, 2.24) is 10.2 Å². The largest absolute Gasteiger partial charge is 0.492 e. The first-order valence-electron chi connectivity index (χ1n) is 7.08. The fourth-order valence-corrected chi connectivity index (χ4v) is 2.41. The highest BCUT2D eigenvalue weighted by atomic mass is 16.5. The summed E-state index contributed by atoms with van der Waals surface area (Å²) in [7, 11) is 0. The van der Waals surface area contributed by atoms with Crippen LogP contribution >= 0.6 is 0 Å². The molecular weight excluding hydrogens is 272 g/mol. The highest BCUT2D eigenvalue weighted by molar-refractivity contribution is 5.80. The predicted molar refractivity (Wildman–Crippen MR) is 77.2 cm³/mol. The Morgan fingerprint density at radius 2 is 2.10 bits per heavy atom. The first-order valence-corrected chi connectivity index (χ1v) is 7.08. The lowest BCUT2D eigenvalue weighted by molar-refractivity contribution is -0.142. The number of rotatable bonds is 7. The van der Waals surface area contributed by atoms with Crippen molar-refractivity contribution in [2.24, 2.45) is 0 Å². The van der Waals surface area contributed by atoms with Crippen LogP contribution < -0.4 is 10.1 Å². The Balaban J connectivity index is 1.65. The maximum Gasteiger partial charge on any atom is 0.320 e. The number of likely N-dealkylation sites (tertiary alicyclic amines) is 1. The molecule has 2 rings (SSSR count). The van der Waals surface area contributed by atoms with E-state index in [1.165, 1.54) is 0 Å². The van der Waals surface area contributed by atoms with Crippen LogP contribution in [0, 0.1) is 0 Å². The van der Waals surface area contributed by atoms with Gasteiger partial charge < -0.3 is 15.2 Å². The number of hydrogen-bond donors (Lipinski definition) is 2. The molecule has 6 heteroatoms. The lowest BCUT2D eigenvalue weighted by atomic mass is 10.2. The number of para-hydroxylation sites is 1. The molecule has 0 bridgehead atoms. The zero-order valence-corrected chi connectivity index (χ0v) is 11.8. The molecule has 1 aliphatic heterocycles. The molecule has 1 aliphatic rings. The van der Waals surface area contributed by atoms with E-state index in [0.717, 1.165) is 12.2 Å². The van der Waals surface area contributed by atoms with Crippen LogP contribution in [-0.2, 0) is 9.59 Å². The number of nitrogens with one attached hydrogen (secondary N) is 1. The molecule has 1 aromatic rings. The van der Waals surface area contributed by atoms with Gasteiger partial charge in [0.15, 0.2) is 0 Å². The first-order chi connectivity index (χ1) is 10.2. The van der Waals surface area contributed by atoms with Gasteiger partial charge in [-0.05, 0) is 31.5 Å². The van der Waals surface area contributed by atoms with E-state index >= 15 is 0 Å². The zero-order valence-electron chi connectivity index (χ0n) is 11.8. The minimum absolute atomic E-state index is 0.127. The zero-order chi connectivity index (χ0) is 15.1. The topological polar surface area (TPSA) is 78.9 Å². The van der Waals surface area contributed by atoms with Gasteiger partial charge in [-0.2, -0.15) is 0 Å². The van der Waals surface area contributed by atoms with Gasteiger partial charge >= 0.3 is 5.97 Å². The van der Waals surface area contributed by atoms with Crippen molar-refractivity contribution in [3.05, 3.63) is 30.3 Å². The van der Waals surface area contributed by atoms with E-state index < -0.39 is 12.0 Å². The van der Waals surface area contributed by atoms with Crippen LogP contribution in [0.15, 0.2) is 30.3 Å². The van der Waals surface area contributed by atoms with Gasteiger partial charge in [0.05, 0.1) is 13.1 Å². The normalized spacial score (nSPS) is 18.4. The minimum Gasteiger partial charge on any atom is -0.492 e. The molecule has 21 heavy (non-hydrogen) atoms. The van der Waals surface area contributed by atoms with E-state index in [1.54, 1.807) is 4.90 Å². The van der Waals surface area contributed by atoms with Gasteiger partial charge in [0.2, 0.25) is 5.91 Å². The number of ether oxygens (including phenoxy) is 1. The van der Waals surface area contributed by atoms with Gasteiger partial charge in [-0.25, -0.2) is 0 Å². The van der Waals surface area contributed by atoms with Crippen LogP contribution in [-0.4, -0.2) is 54.2 Å². The number of hydrogen-bond acceptors (Lipinski definition) is 4. The molecule has 0 saturated carbocycles. The molecule has 2 N–H and O–H groups in total. The fraction of sp³-hybridized carbons (Fsp3) is 0.467. The lowest BCUT2D eigenvalue weighted by Crippen LogP contribution is -2.43. The van der Waals surface area contributed by atoms with Crippen molar-refractivity contribution in [1.29, 1.82) is 0 Å². The van der Waals surface area contributed by atoms with Crippen LogP contribution in [0.5, 0.6) is 5.75 Å². The average Bonchev–Trinajstić information content (AvgIpc) is 2.93. The molecular formula is C15H20N2O4. The highest BCUT2D eigenvalue weighted by Crippen LogP contribution is 2.16. The summed E-state index contributed by atoms with van der Waals surface area (Å²) in [5.74, 6) is -0.259. The van der Waals surface area contributed by atoms with Gasteiger partial charge in [0.1, 0.15) is 18.4 Å². The van der Waals surface area contributed by atoms with E-state index in [1.807, 2.05) is 30.3 Å². The van der Waals surface area contributed by atoms with Gasteiger partial charge in [-0.3, -0.25) is 14.5 Å². The van der Waals surface area contributed by atoms with Crippen LogP contribution in [0.3, 0.4) is 0 Å². The first kappa shape index (κ1) is 15.3. The number of carbonyl (C=O) groups excluding carboxylic acids is 1. The Morgan fingerprint density at radius 3 is 2.81 bits per heavy atom. The third kappa shape index (κ3) is 4.75. The number of carboxylic acids is 1. The number of amides is 1. The molecule has 0 spiro atoms.